The summed E-state index contributed by atoms with van der Waals surface area (Å²) in [6.07, 6.45) is 7.65. The van der Waals surface area contributed by atoms with E-state index in [1.165, 1.54) is 6.07 Å². The van der Waals surface area contributed by atoms with Crippen molar-refractivity contribution >= 4 is 23.8 Å². The topological polar surface area (TPSA) is 98.0 Å². The summed E-state index contributed by atoms with van der Waals surface area (Å²) in [4.78, 5) is 23.6. The molecule has 2 aromatic rings. The number of amides is 1. The van der Waals surface area contributed by atoms with E-state index in [0.717, 1.165) is 37.9 Å². The van der Waals surface area contributed by atoms with Gasteiger partial charge in [-0.05, 0) is 62.2 Å². The Hall–Kier alpha value is -3.06. The first-order valence-electron chi connectivity index (χ1n) is 10.2. The Morgan fingerprint density at radius 3 is 2.73 bits per heavy atom. The van der Waals surface area contributed by atoms with E-state index in [1.807, 2.05) is 12.1 Å². The first-order chi connectivity index (χ1) is 14.6. The predicted molar refractivity (Wildman–Crippen MR) is 114 cm³/mol. The third-order valence-corrected chi connectivity index (χ3v) is 4.23. The minimum atomic E-state index is -0.622. The quantitative estimate of drug-likeness (QED) is 0.381. The minimum Gasteiger partial charge on any atom is -0.462 e. The highest BCUT2D eigenvalue weighted by atomic mass is 16.5. The van der Waals surface area contributed by atoms with Gasteiger partial charge in [-0.2, -0.15) is 0 Å². The Bertz CT molecular complexity index is 827. The van der Waals surface area contributed by atoms with Gasteiger partial charge in [-0.1, -0.05) is 18.9 Å². The van der Waals surface area contributed by atoms with E-state index in [-0.39, 0.29) is 19.8 Å². The Balaban J connectivity index is 1.71. The van der Waals surface area contributed by atoms with Crippen molar-refractivity contribution in [2.45, 2.75) is 39.0 Å². The summed E-state index contributed by atoms with van der Waals surface area (Å²) in [6.45, 7) is 2.35. The number of aliphatic hydroxyl groups excluding tert-OH is 1. The van der Waals surface area contributed by atoms with E-state index in [0.29, 0.717) is 17.0 Å². The molecule has 1 aromatic carbocycles. The molecule has 0 aliphatic heterocycles. The van der Waals surface area contributed by atoms with Crippen LogP contribution < -0.4 is 5.32 Å². The highest BCUT2D eigenvalue weighted by molar-refractivity contribution is 5.92. The van der Waals surface area contributed by atoms with Crippen molar-refractivity contribution < 1.29 is 28.6 Å². The van der Waals surface area contributed by atoms with Gasteiger partial charge in [-0.15, -0.1) is 0 Å². The van der Waals surface area contributed by atoms with Crippen molar-refractivity contribution in [2.75, 3.05) is 25.1 Å². The number of esters is 1. The molecule has 1 heterocycles. The molecular weight excluding hydrogens is 386 g/mol. The molecule has 0 bridgehead atoms. The number of benzene rings is 1. The number of ether oxygens (including phenoxy) is 2. The van der Waals surface area contributed by atoms with Crippen LogP contribution >= 0.6 is 0 Å². The summed E-state index contributed by atoms with van der Waals surface area (Å²) in [5, 5.41) is 11.3. The van der Waals surface area contributed by atoms with Crippen molar-refractivity contribution in [1.29, 1.82) is 0 Å². The van der Waals surface area contributed by atoms with Gasteiger partial charge in [0.05, 0.1) is 12.2 Å². The maximum Gasteiger partial charge on any atom is 0.411 e. The molecule has 7 heteroatoms. The maximum absolute atomic E-state index is 11.9. The van der Waals surface area contributed by atoms with Crippen LogP contribution in [0, 0.1) is 0 Å². The van der Waals surface area contributed by atoms with Crippen LogP contribution in [0.25, 0.3) is 6.08 Å². The summed E-state index contributed by atoms with van der Waals surface area (Å²) >= 11 is 0. The standard InChI is InChI=1S/C23H29NO6/c1-2-28-22(26)18-9-7-10-19(17-18)24-23(27)29-16-8-12-21-14-13-20(30-21)11-5-3-4-6-15-25/h7-10,12-14,17,25H,2-6,11,15-16H2,1H3,(H,24,27). The van der Waals surface area contributed by atoms with Crippen LogP contribution in [0.4, 0.5) is 10.5 Å². The van der Waals surface area contributed by atoms with Crippen molar-refractivity contribution in [2.24, 2.45) is 0 Å². The Labute approximate surface area is 176 Å². The van der Waals surface area contributed by atoms with Gasteiger partial charge >= 0.3 is 12.1 Å². The van der Waals surface area contributed by atoms with Gasteiger partial charge in [-0.3, -0.25) is 5.32 Å². The fraction of sp³-hybridized carbons (Fsp3) is 0.391. The van der Waals surface area contributed by atoms with Crippen molar-refractivity contribution in [3.8, 4) is 0 Å². The van der Waals surface area contributed by atoms with Crippen LogP contribution in [0.15, 0.2) is 46.9 Å². The highest BCUT2D eigenvalue weighted by Crippen LogP contribution is 2.14. The monoisotopic (exact) mass is 415 g/mol. The summed E-state index contributed by atoms with van der Waals surface area (Å²) < 4.78 is 15.8. The molecule has 0 unspecified atom stereocenters. The summed E-state index contributed by atoms with van der Waals surface area (Å²) in [7, 11) is 0. The predicted octanol–water partition coefficient (Wildman–Crippen LogP) is 4.81. The summed E-state index contributed by atoms with van der Waals surface area (Å²) in [5.74, 6) is 1.17. The smallest absolute Gasteiger partial charge is 0.411 e. The molecule has 2 N–H and O–H groups in total. The number of nitrogens with one attached hydrogen (secondary N) is 1. The zero-order valence-corrected chi connectivity index (χ0v) is 17.3. The van der Waals surface area contributed by atoms with Crippen LogP contribution in [-0.4, -0.2) is 37.0 Å². The third kappa shape index (κ3) is 8.53. The van der Waals surface area contributed by atoms with Gasteiger partial charge in [0, 0.05) is 18.7 Å². The molecule has 0 spiro atoms. The second-order valence-electron chi connectivity index (χ2n) is 6.62. The minimum absolute atomic E-state index is 0.0839. The molecule has 7 nitrogen and oxygen atoms in total. The highest BCUT2D eigenvalue weighted by Gasteiger charge is 2.08. The van der Waals surface area contributed by atoms with Gasteiger partial charge < -0.3 is 19.0 Å². The summed E-state index contributed by atoms with van der Waals surface area (Å²) in [5.41, 5.74) is 0.806. The lowest BCUT2D eigenvalue weighted by molar-refractivity contribution is 0.0526. The normalized spacial score (nSPS) is 10.9. The van der Waals surface area contributed by atoms with E-state index >= 15 is 0 Å². The largest absolute Gasteiger partial charge is 0.462 e. The molecule has 1 amide bonds. The molecule has 0 saturated heterocycles. The number of unbranched alkanes of at least 4 members (excludes halogenated alkanes) is 3. The molecular formula is C23H29NO6. The zero-order valence-electron chi connectivity index (χ0n) is 17.3. The molecule has 30 heavy (non-hydrogen) atoms. The molecule has 0 aliphatic rings. The number of hydrogen-bond acceptors (Lipinski definition) is 6. The first-order valence-corrected chi connectivity index (χ1v) is 10.2. The molecule has 0 aliphatic carbocycles. The zero-order chi connectivity index (χ0) is 21.6. The van der Waals surface area contributed by atoms with Crippen molar-refractivity contribution in [1.82, 2.24) is 0 Å². The fourth-order valence-corrected chi connectivity index (χ4v) is 2.76. The number of furan rings is 1. The number of hydrogen-bond donors (Lipinski definition) is 2. The number of carbonyl (C=O) groups is 2. The van der Waals surface area contributed by atoms with E-state index in [4.69, 9.17) is 19.0 Å². The first kappa shape index (κ1) is 23.2. The molecule has 0 fully saturated rings. The van der Waals surface area contributed by atoms with Gasteiger partial charge in [-0.25, -0.2) is 9.59 Å². The molecule has 0 saturated carbocycles. The van der Waals surface area contributed by atoms with E-state index < -0.39 is 12.1 Å². The number of aryl methyl sites for hydroxylation is 1. The second kappa shape index (κ2) is 13.2. The lowest BCUT2D eigenvalue weighted by Crippen LogP contribution is -2.14. The van der Waals surface area contributed by atoms with E-state index in [2.05, 4.69) is 5.32 Å². The van der Waals surface area contributed by atoms with Crippen LogP contribution in [0.5, 0.6) is 0 Å². The SMILES string of the molecule is CCOC(=O)c1cccc(NC(=O)OCC=Cc2ccc(CCCCCCO)o2)c1. The van der Waals surface area contributed by atoms with Gasteiger partial charge in [0.25, 0.3) is 0 Å². The molecule has 0 atom stereocenters. The van der Waals surface area contributed by atoms with E-state index in [9.17, 15) is 9.59 Å². The number of rotatable bonds is 12. The van der Waals surface area contributed by atoms with E-state index in [1.54, 1.807) is 37.3 Å². The second-order valence-corrected chi connectivity index (χ2v) is 6.62. The number of aliphatic hydroxyl groups is 1. The lowest BCUT2D eigenvalue weighted by Gasteiger charge is -2.07. The molecule has 0 radical (unpaired) electrons. The summed E-state index contributed by atoms with van der Waals surface area (Å²) in [6, 6.07) is 10.3. The third-order valence-electron chi connectivity index (χ3n) is 4.23. The van der Waals surface area contributed by atoms with Crippen LogP contribution in [0.3, 0.4) is 0 Å². The Morgan fingerprint density at radius 1 is 1.10 bits per heavy atom. The van der Waals surface area contributed by atoms with Gasteiger partial charge in [0.2, 0.25) is 0 Å². The Morgan fingerprint density at radius 2 is 1.93 bits per heavy atom. The average molecular weight is 415 g/mol. The molecule has 162 valence electrons. The van der Waals surface area contributed by atoms with Crippen LogP contribution in [-0.2, 0) is 15.9 Å². The maximum atomic E-state index is 11.9. The molecule has 1 aromatic heterocycles. The van der Waals surface area contributed by atoms with Crippen molar-refractivity contribution in [3.05, 3.63) is 59.6 Å². The average Bonchev–Trinajstić information content (AvgIpc) is 3.19. The van der Waals surface area contributed by atoms with Crippen molar-refractivity contribution in [3.63, 3.8) is 0 Å². The fourth-order valence-electron chi connectivity index (χ4n) is 2.76. The van der Waals surface area contributed by atoms with Gasteiger partial charge in [0.15, 0.2) is 0 Å². The van der Waals surface area contributed by atoms with Gasteiger partial charge in [0.1, 0.15) is 18.1 Å². The van der Waals surface area contributed by atoms with Crippen LogP contribution in [0.2, 0.25) is 0 Å². The number of carbonyl (C=O) groups excluding carboxylic acids is 2. The van der Waals surface area contributed by atoms with Crippen LogP contribution in [0.1, 0.15) is 54.5 Å². The lowest BCUT2D eigenvalue weighted by atomic mass is 10.1. The number of anilines is 1. The Kier molecular flexibility index (Phi) is 10.2. The molecule has 2 rings (SSSR count).